The Balaban J connectivity index is 0. The Kier molecular flexibility index (Phi) is 9.24. The topological polar surface area (TPSA) is 46.5 Å². The third-order valence-corrected chi connectivity index (χ3v) is 1.31. The third-order valence-electron chi connectivity index (χ3n) is 1.31. The number of ether oxygens (including phenoxy) is 1. The van der Waals surface area contributed by atoms with E-state index in [0.29, 0.717) is 0 Å². The maximum absolute atomic E-state index is 10.9. The summed E-state index contributed by atoms with van der Waals surface area (Å²) in [5.41, 5.74) is 0.190. The molecule has 70 valence electrons. The van der Waals surface area contributed by atoms with Crippen LogP contribution >= 0.6 is 12.4 Å². The third kappa shape index (κ3) is 4.33. The molecule has 5 heteroatoms. The maximum atomic E-state index is 10.9. The molecule has 0 atom stereocenters. The molecule has 1 N–H and O–H groups in total. The summed E-state index contributed by atoms with van der Waals surface area (Å²) in [4.78, 5) is 10.9. The average Bonchev–Trinajstić information content (AvgIpc) is 2.04. The molecule has 0 spiro atoms. The zero-order valence-corrected chi connectivity index (χ0v) is 7.30. The fourth-order valence-electron chi connectivity index (χ4n) is 0.756. The molecule has 0 unspecified atom stereocenters. The number of phenolic OH excluding ortho intramolecular Hbond substituents is 1. The van der Waals surface area contributed by atoms with Gasteiger partial charge in [0.25, 0.3) is 0 Å². The second kappa shape index (κ2) is 7.64. The molecule has 0 aromatic heterocycles. The Labute approximate surface area is 120 Å². The Morgan fingerprint density at radius 2 is 1.92 bits per heavy atom. The monoisotopic (exact) mass is 278 g/mol. The van der Waals surface area contributed by atoms with Crippen LogP contribution in [-0.2, 0) is 4.74 Å². The molecule has 0 bridgehead atoms. The molecule has 13 heavy (non-hydrogen) atoms. The molecular formula is C8H11ClO3Sr. The Morgan fingerprint density at radius 1 is 1.38 bits per heavy atom. The van der Waals surface area contributed by atoms with Gasteiger partial charge in [0.15, 0.2) is 0 Å². The van der Waals surface area contributed by atoms with Gasteiger partial charge in [-0.05, 0) is 12.1 Å². The molecule has 0 aliphatic heterocycles. The van der Waals surface area contributed by atoms with Crippen molar-refractivity contribution >= 4 is 63.9 Å². The van der Waals surface area contributed by atoms with Crippen LogP contribution in [-0.4, -0.2) is 63.7 Å². The van der Waals surface area contributed by atoms with E-state index in [1.807, 2.05) is 0 Å². The first-order chi connectivity index (χ1) is 5.25. The molecule has 3 nitrogen and oxygen atoms in total. The van der Waals surface area contributed by atoms with Crippen molar-refractivity contribution in [3.05, 3.63) is 29.8 Å². The van der Waals surface area contributed by atoms with Crippen molar-refractivity contribution in [1.29, 1.82) is 0 Å². The van der Waals surface area contributed by atoms with Crippen LogP contribution in [0.2, 0.25) is 0 Å². The number of benzene rings is 1. The number of hydrogen-bond donors (Lipinski definition) is 1. The van der Waals surface area contributed by atoms with Gasteiger partial charge >= 0.3 is 51.5 Å². The first-order valence-electron chi connectivity index (χ1n) is 3.12. The van der Waals surface area contributed by atoms with E-state index in [1.165, 1.54) is 19.2 Å². The van der Waals surface area contributed by atoms with Crippen molar-refractivity contribution in [2.24, 2.45) is 0 Å². The summed E-state index contributed by atoms with van der Waals surface area (Å²) in [7, 11) is 1.27. The van der Waals surface area contributed by atoms with Crippen LogP contribution in [0.25, 0.3) is 0 Å². The zero-order valence-electron chi connectivity index (χ0n) is 6.48. The van der Waals surface area contributed by atoms with Crippen LogP contribution in [0.1, 0.15) is 10.4 Å². The van der Waals surface area contributed by atoms with Gasteiger partial charge in [0.1, 0.15) is 11.3 Å². The first-order valence-corrected chi connectivity index (χ1v) is 3.12. The van der Waals surface area contributed by atoms with Gasteiger partial charge in [-0.2, -0.15) is 0 Å². The number of carbonyl (C=O) groups excluding carboxylic acids is 1. The predicted octanol–water partition coefficient (Wildman–Crippen LogP) is 0.684. The number of halogens is 1. The van der Waals surface area contributed by atoms with Crippen LogP contribution in [0, 0.1) is 0 Å². The fraction of sp³-hybridized carbons (Fsp3) is 0.125. The zero-order chi connectivity index (χ0) is 8.27. The normalized spacial score (nSPS) is 7.77. The van der Waals surface area contributed by atoms with Crippen molar-refractivity contribution in [3.8, 4) is 5.75 Å². The molecule has 0 amide bonds. The summed E-state index contributed by atoms with van der Waals surface area (Å²) in [5.74, 6) is -0.581. The molecule has 1 aromatic rings. The first kappa shape index (κ1) is 15.7. The van der Waals surface area contributed by atoms with Gasteiger partial charge in [-0.1, -0.05) is 12.1 Å². The number of methoxy groups -OCH3 is 1. The molecule has 0 fully saturated rings. The standard InChI is InChI=1S/C8H8O3.ClH.Sr.2H/c1-11-8(10)6-4-2-3-5-7(6)9;;;;/h2-5,9H,1H3;1H;;;. The Bertz CT molecular complexity index is 278. The molecular weight excluding hydrogens is 267 g/mol. The second-order valence-electron chi connectivity index (χ2n) is 2.01. The van der Waals surface area contributed by atoms with E-state index >= 15 is 0 Å². The van der Waals surface area contributed by atoms with Gasteiger partial charge in [-0.3, -0.25) is 0 Å². The van der Waals surface area contributed by atoms with E-state index in [0.717, 1.165) is 0 Å². The minimum absolute atomic E-state index is 0. The quantitative estimate of drug-likeness (QED) is 0.607. The predicted molar refractivity (Wildman–Crippen MR) is 55.2 cm³/mol. The summed E-state index contributed by atoms with van der Waals surface area (Å²) in [6.45, 7) is 0. The van der Waals surface area contributed by atoms with Crippen molar-refractivity contribution in [2.75, 3.05) is 7.11 Å². The summed E-state index contributed by atoms with van der Waals surface area (Å²) < 4.78 is 4.42. The number of para-hydroxylation sites is 1. The molecule has 1 aromatic carbocycles. The molecule has 0 aliphatic rings. The van der Waals surface area contributed by atoms with Crippen LogP contribution in [0.15, 0.2) is 24.3 Å². The van der Waals surface area contributed by atoms with E-state index in [-0.39, 0.29) is 69.2 Å². The van der Waals surface area contributed by atoms with Crippen LogP contribution in [0.4, 0.5) is 0 Å². The number of aromatic hydroxyl groups is 1. The van der Waals surface area contributed by atoms with Crippen molar-refractivity contribution in [2.45, 2.75) is 0 Å². The van der Waals surface area contributed by atoms with E-state index in [1.54, 1.807) is 12.1 Å². The average molecular weight is 278 g/mol. The number of carbonyl (C=O) groups is 1. The summed E-state index contributed by atoms with van der Waals surface area (Å²) in [5, 5.41) is 9.11. The van der Waals surface area contributed by atoms with Crippen LogP contribution in [0.5, 0.6) is 5.75 Å². The summed E-state index contributed by atoms with van der Waals surface area (Å²) in [6.07, 6.45) is 0. The van der Waals surface area contributed by atoms with Gasteiger partial charge in [0.05, 0.1) is 7.11 Å². The Hall–Kier alpha value is 0.261. The van der Waals surface area contributed by atoms with Gasteiger partial charge in [0.2, 0.25) is 0 Å². The van der Waals surface area contributed by atoms with Crippen LogP contribution in [0.3, 0.4) is 0 Å². The number of rotatable bonds is 1. The molecule has 0 saturated heterocycles. The van der Waals surface area contributed by atoms with Gasteiger partial charge in [0, 0.05) is 0 Å². The molecule has 1 rings (SSSR count). The van der Waals surface area contributed by atoms with Crippen molar-refractivity contribution < 1.29 is 14.6 Å². The fourth-order valence-corrected chi connectivity index (χ4v) is 0.756. The molecule has 0 radical (unpaired) electrons. The number of hydrogen-bond acceptors (Lipinski definition) is 3. The summed E-state index contributed by atoms with van der Waals surface area (Å²) >= 11 is 0. The van der Waals surface area contributed by atoms with Crippen molar-refractivity contribution in [1.82, 2.24) is 0 Å². The van der Waals surface area contributed by atoms with Gasteiger partial charge in [-0.15, -0.1) is 12.4 Å². The van der Waals surface area contributed by atoms with Gasteiger partial charge in [-0.25, -0.2) is 4.79 Å². The van der Waals surface area contributed by atoms with E-state index in [9.17, 15) is 4.79 Å². The molecule has 0 aliphatic carbocycles. The second-order valence-corrected chi connectivity index (χ2v) is 2.01. The SMILES string of the molecule is COC(=O)c1ccccc1O.Cl.[SrH2]. The van der Waals surface area contributed by atoms with Gasteiger partial charge < -0.3 is 9.84 Å². The number of esters is 1. The van der Waals surface area contributed by atoms with Crippen molar-refractivity contribution in [3.63, 3.8) is 0 Å². The van der Waals surface area contributed by atoms with E-state index in [4.69, 9.17) is 5.11 Å². The summed E-state index contributed by atoms with van der Waals surface area (Å²) in [6, 6.07) is 6.24. The molecule has 0 saturated carbocycles. The minimum atomic E-state index is -0.525. The van der Waals surface area contributed by atoms with Crippen LogP contribution < -0.4 is 0 Å². The number of phenols is 1. The van der Waals surface area contributed by atoms with E-state index in [2.05, 4.69) is 4.74 Å². The Morgan fingerprint density at radius 3 is 2.38 bits per heavy atom. The van der Waals surface area contributed by atoms with E-state index < -0.39 is 5.97 Å². The molecule has 0 heterocycles.